The van der Waals surface area contributed by atoms with Gasteiger partial charge in [-0.3, -0.25) is 0 Å². The molecular formula is C14H23NO3. The number of likely N-dealkylation sites (N-methyl/N-ethyl adjacent to an activating group) is 1. The predicted octanol–water partition coefficient (Wildman–Crippen LogP) is 1.96. The molecule has 4 heteroatoms. The Balaban J connectivity index is 3.35. The van der Waals surface area contributed by atoms with Crippen molar-refractivity contribution >= 4 is 0 Å². The minimum atomic E-state index is -0.141. The van der Waals surface area contributed by atoms with Crippen LogP contribution in [0.25, 0.3) is 0 Å². The molecule has 1 aromatic carbocycles. The molecule has 1 atom stereocenters. The second-order valence-corrected chi connectivity index (χ2v) is 4.24. The van der Waals surface area contributed by atoms with E-state index in [9.17, 15) is 5.11 Å². The van der Waals surface area contributed by atoms with Crippen LogP contribution in [0.15, 0.2) is 6.07 Å². The molecule has 1 unspecified atom stereocenters. The first-order chi connectivity index (χ1) is 8.60. The van der Waals surface area contributed by atoms with Gasteiger partial charge in [0.05, 0.1) is 26.9 Å². The first-order valence-electron chi connectivity index (χ1n) is 6.16. The van der Waals surface area contributed by atoms with E-state index in [1.807, 2.05) is 26.8 Å². The molecule has 0 bridgehead atoms. The highest BCUT2D eigenvalue weighted by atomic mass is 16.5. The van der Waals surface area contributed by atoms with E-state index >= 15 is 0 Å². The first kappa shape index (κ1) is 14.8. The van der Waals surface area contributed by atoms with Crippen molar-refractivity contribution < 1.29 is 14.6 Å². The van der Waals surface area contributed by atoms with Gasteiger partial charge in [0, 0.05) is 5.56 Å². The third-order valence-electron chi connectivity index (χ3n) is 3.25. The van der Waals surface area contributed by atoms with Crippen LogP contribution in [-0.4, -0.2) is 32.5 Å². The fraction of sp³-hybridized carbons (Fsp3) is 0.571. The second kappa shape index (κ2) is 6.61. The van der Waals surface area contributed by atoms with E-state index in [4.69, 9.17) is 9.47 Å². The van der Waals surface area contributed by atoms with Crippen molar-refractivity contribution in [1.82, 2.24) is 5.32 Å². The molecule has 2 N–H and O–H groups in total. The SMILES string of the molecule is CCNC(CO)c1cc(OC)c(C)c(C)c1OC. The average molecular weight is 253 g/mol. The zero-order valence-corrected chi connectivity index (χ0v) is 11.8. The highest BCUT2D eigenvalue weighted by Crippen LogP contribution is 2.36. The maximum Gasteiger partial charge on any atom is 0.127 e. The lowest BCUT2D eigenvalue weighted by Gasteiger charge is -2.22. The van der Waals surface area contributed by atoms with Gasteiger partial charge in [-0.15, -0.1) is 0 Å². The van der Waals surface area contributed by atoms with Crippen molar-refractivity contribution in [2.75, 3.05) is 27.4 Å². The summed E-state index contributed by atoms with van der Waals surface area (Å²) in [6.45, 7) is 6.81. The normalized spacial score (nSPS) is 12.3. The van der Waals surface area contributed by atoms with Gasteiger partial charge in [-0.1, -0.05) is 6.92 Å². The number of methoxy groups -OCH3 is 2. The lowest BCUT2D eigenvalue weighted by Crippen LogP contribution is -2.25. The Labute approximate surface area is 109 Å². The van der Waals surface area contributed by atoms with Crippen molar-refractivity contribution in [3.05, 3.63) is 22.8 Å². The largest absolute Gasteiger partial charge is 0.496 e. The summed E-state index contributed by atoms with van der Waals surface area (Å²) < 4.78 is 10.9. The highest BCUT2D eigenvalue weighted by Gasteiger charge is 2.20. The Hall–Kier alpha value is -1.26. The van der Waals surface area contributed by atoms with Crippen LogP contribution in [0.1, 0.15) is 29.7 Å². The summed E-state index contributed by atoms with van der Waals surface area (Å²) in [5.41, 5.74) is 3.04. The molecule has 0 amide bonds. The van der Waals surface area contributed by atoms with Crippen LogP contribution >= 0.6 is 0 Å². The van der Waals surface area contributed by atoms with Crippen molar-refractivity contribution in [2.24, 2.45) is 0 Å². The van der Waals surface area contributed by atoms with Crippen molar-refractivity contribution in [3.8, 4) is 11.5 Å². The molecule has 1 aromatic rings. The average Bonchev–Trinajstić information content (AvgIpc) is 2.39. The zero-order chi connectivity index (χ0) is 13.7. The zero-order valence-electron chi connectivity index (χ0n) is 11.8. The maximum atomic E-state index is 9.50. The quantitative estimate of drug-likeness (QED) is 0.813. The predicted molar refractivity (Wildman–Crippen MR) is 72.5 cm³/mol. The number of nitrogens with one attached hydrogen (secondary N) is 1. The van der Waals surface area contributed by atoms with Gasteiger partial charge in [0.15, 0.2) is 0 Å². The number of hydrogen-bond acceptors (Lipinski definition) is 4. The van der Waals surface area contributed by atoms with E-state index < -0.39 is 0 Å². The maximum absolute atomic E-state index is 9.50. The Morgan fingerprint density at radius 3 is 2.33 bits per heavy atom. The summed E-state index contributed by atoms with van der Waals surface area (Å²) in [4.78, 5) is 0. The summed E-state index contributed by atoms with van der Waals surface area (Å²) >= 11 is 0. The molecule has 0 aliphatic rings. The number of rotatable bonds is 6. The van der Waals surface area contributed by atoms with Gasteiger partial charge in [0.2, 0.25) is 0 Å². The molecule has 0 heterocycles. The van der Waals surface area contributed by atoms with E-state index in [1.54, 1.807) is 14.2 Å². The minimum absolute atomic E-state index is 0.0237. The third-order valence-corrected chi connectivity index (χ3v) is 3.25. The number of aliphatic hydroxyl groups is 1. The number of benzene rings is 1. The minimum Gasteiger partial charge on any atom is -0.496 e. The van der Waals surface area contributed by atoms with Crippen LogP contribution in [-0.2, 0) is 0 Å². The summed E-state index contributed by atoms with van der Waals surface area (Å²) in [7, 11) is 3.30. The molecule has 0 spiro atoms. The van der Waals surface area contributed by atoms with Gasteiger partial charge in [-0.25, -0.2) is 0 Å². The fourth-order valence-corrected chi connectivity index (χ4v) is 2.15. The first-order valence-corrected chi connectivity index (χ1v) is 6.16. The molecule has 18 heavy (non-hydrogen) atoms. The molecule has 0 saturated carbocycles. The molecule has 4 nitrogen and oxygen atoms in total. The van der Waals surface area contributed by atoms with Crippen LogP contribution in [0.5, 0.6) is 11.5 Å². The van der Waals surface area contributed by atoms with Crippen molar-refractivity contribution in [2.45, 2.75) is 26.8 Å². The summed E-state index contributed by atoms with van der Waals surface area (Å²) in [6, 6.07) is 1.79. The molecule has 1 rings (SSSR count). The smallest absolute Gasteiger partial charge is 0.127 e. The second-order valence-electron chi connectivity index (χ2n) is 4.24. The van der Waals surface area contributed by atoms with Gasteiger partial charge < -0.3 is 19.9 Å². The number of hydrogen-bond donors (Lipinski definition) is 2. The molecule has 0 saturated heterocycles. The Morgan fingerprint density at radius 2 is 1.89 bits per heavy atom. The molecule has 102 valence electrons. The lowest BCUT2D eigenvalue weighted by atomic mass is 9.98. The molecule has 0 aliphatic heterocycles. The van der Waals surface area contributed by atoms with Gasteiger partial charge >= 0.3 is 0 Å². The van der Waals surface area contributed by atoms with Gasteiger partial charge in [0.25, 0.3) is 0 Å². The number of aliphatic hydroxyl groups excluding tert-OH is 1. The third kappa shape index (κ3) is 2.76. The van der Waals surface area contributed by atoms with E-state index in [1.165, 1.54) is 0 Å². The summed E-state index contributed by atoms with van der Waals surface area (Å²) in [6.07, 6.45) is 0. The highest BCUT2D eigenvalue weighted by molar-refractivity contribution is 5.53. The van der Waals surface area contributed by atoms with Crippen molar-refractivity contribution in [1.29, 1.82) is 0 Å². The van der Waals surface area contributed by atoms with Gasteiger partial charge in [0.1, 0.15) is 11.5 Å². The van der Waals surface area contributed by atoms with Crippen LogP contribution in [0.2, 0.25) is 0 Å². The van der Waals surface area contributed by atoms with E-state index in [2.05, 4.69) is 5.32 Å². The van der Waals surface area contributed by atoms with Gasteiger partial charge in [-0.05, 0) is 37.6 Å². The fourth-order valence-electron chi connectivity index (χ4n) is 2.15. The standard InChI is InChI=1S/C14H23NO3/c1-6-15-12(8-16)11-7-13(17-4)9(2)10(3)14(11)18-5/h7,12,15-16H,6,8H2,1-5H3. The van der Waals surface area contributed by atoms with Crippen LogP contribution in [0, 0.1) is 13.8 Å². The van der Waals surface area contributed by atoms with E-state index in [0.29, 0.717) is 0 Å². The molecule has 0 fully saturated rings. The van der Waals surface area contributed by atoms with Crippen LogP contribution < -0.4 is 14.8 Å². The monoisotopic (exact) mass is 253 g/mol. The Kier molecular flexibility index (Phi) is 5.44. The Bertz CT molecular complexity index is 405. The summed E-state index contributed by atoms with van der Waals surface area (Å²) in [5, 5.41) is 12.7. The molecule has 0 aliphatic carbocycles. The van der Waals surface area contributed by atoms with Crippen molar-refractivity contribution in [3.63, 3.8) is 0 Å². The van der Waals surface area contributed by atoms with E-state index in [-0.39, 0.29) is 12.6 Å². The number of ether oxygens (including phenoxy) is 2. The Morgan fingerprint density at radius 1 is 1.22 bits per heavy atom. The molecule has 0 radical (unpaired) electrons. The van der Waals surface area contributed by atoms with E-state index in [0.717, 1.165) is 34.7 Å². The van der Waals surface area contributed by atoms with Gasteiger partial charge in [-0.2, -0.15) is 0 Å². The summed E-state index contributed by atoms with van der Waals surface area (Å²) in [5.74, 6) is 1.63. The molecular weight excluding hydrogens is 230 g/mol. The molecule has 0 aromatic heterocycles. The van der Waals surface area contributed by atoms with Crippen LogP contribution in [0.3, 0.4) is 0 Å². The lowest BCUT2D eigenvalue weighted by molar-refractivity contribution is 0.242. The topological polar surface area (TPSA) is 50.7 Å². The van der Waals surface area contributed by atoms with Crippen LogP contribution in [0.4, 0.5) is 0 Å².